The fourth-order valence-electron chi connectivity index (χ4n) is 5.82. The van der Waals surface area contributed by atoms with Crippen molar-refractivity contribution in [2.24, 2.45) is 0 Å². The van der Waals surface area contributed by atoms with Crippen LogP contribution in [0.4, 0.5) is 10.5 Å². The summed E-state index contributed by atoms with van der Waals surface area (Å²) in [6, 6.07) is 8.72. The number of hydrogen-bond donors (Lipinski definition) is 6. The minimum atomic E-state index is -1.96. The molecule has 4 rings (SSSR count). The maximum absolute atomic E-state index is 13.8. The van der Waals surface area contributed by atoms with Gasteiger partial charge in [0.05, 0.1) is 36.7 Å². The second-order valence-electron chi connectivity index (χ2n) is 14.3. The first kappa shape index (κ1) is 43.8. The summed E-state index contributed by atoms with van der Waals surface area (Å²) in [7, 11) is 0. The van der Waals surface area contributed by atoms with Crippen LogP contribution in [0.25, 0.3) is 0 Å². The molecule has 2 aliphatic heterocycles. The van der Waals surface area contributed by atoms with Gasteiger partial charge in [0, 0.05) is 30.7 Å². The number of carboxylic acids is 1. The van der Waals surface area contributed by atoms with Crippen molar-refractivity contribution in [3.05, 3.63) is 58.7 Å². The number of aliphatic hydroxyl groups is 3. The second kappa shape index (κ2) is 19.8. The molecular formula is C37H49N3O16. The predicted octanol–water partition coefficient (Wildman–Crippen LogP) is 0.688. The highest BCUT2D eigenvalue weighted by atomic mass is 16.7. The van der Waals surface area contributed by atoms with Gasteiger partial charge in [-0.05, 0) is 63.1 Å². The van der Waals surface area contributed by atoms with Crippen molar-refractivity contribution in [1.82, 2.24) is 10.2 Å². The van der Waals surface area contributed by atoms with Gasteiger partial charge in [0.1, 0.15) is 43.9 Å². The number of rotatable bonds is 19. The van der Waals surface area contributed by atoms with Crippen LogP contribution in [0.15, 0.2) is 36.4 Å². The fourth-order valence-corrected chi connectivity index (χ4v) is 5.82. The van der Waals surface area contributed by atoms with Gasteiger partial charge in [-0.1, -0.05) is 12.1 Å². The fraction of sp³-hybridized carbons (Fsp3) is 0.541. The Hall–Kier alpha value is -4.89. The van der Waals surface area contributed by atoms with Crippen LogP contribution in [0, 0.1) is 0 Å². The zero-order chi connectivity index (χ0) is 41.0. The van der Waals surface area contributed by atoms with Gasteiger partial charge < -0.3 is 58.9 Å². The van der Waals surface area contributed by atoms with E-state index >= 15 is 0 Å². The standard InChI is InChI=1S/C37H49N3O16/c1-36(2,40-9-11-50-12-10-40)19-54-37(3,4)18-38-32(46)25-14-23(6-8-27(25)55-34-30(45)28(43)29(44)31(56-34)33(47)48)16-53-35(49)39-26-7-5-22(15-51-20-41)13-24(26)17-52-21-42/h5-8,13-14,20-21,28-31,34,43-45H,9-12,15-19H2,1-4H3,(H,38,46)(H,39,49)(H,47,48)/t28-,29-,30+,31-,34+/m0/s1. The number of aliphatic hydroxyl groups excluding tert-OH is 3. The number of nitrogens with zero attached hydrogens (tertiary/aromatic N) is 1. The molecule has 2 saturated heterocycles. The molecule has 0 aliphatic carbocycles. The molecule has 0 aromatic heterocycles. The molecule has 0 bridgehead atoms. The van der Waals surface area contributed by atoms with E-state index in [1.165, 1.54) is 24.3 Å². The number of ether oxygens (including phenoxy) is 7. The van der Waals surface area contributed by atoms with Crippen LogP contribution in [0.1, 0.15) is 54.7 Å². The number of amides is 2. The van der Waals surface area contributed by atoms with Crippen LogP contribution in [-0.2, 0) is 62.6 Å². The largest absolute Gasteiger partial charge is 0.479 e. The lowest BCUT2D eigenvalue weighted by Gasteiger charge is -2.42. The lowest BCUT2D eigenvalue weighted by atomic mass is 9.99. The average Bonchev–Trinajstić information content (AvgIpc) is 3.18. The minimum absolute atomic E-state index is 0.0261. The van der Waals surface area contributed by atoms with Crippen LogP contribution >= 0.6 is 0 Å². The molecule has 19 heteroatoms. The molecule has 2 aromatic carbocycles. The van der Waals surface area contributed by atoms with Gasteiger partial charge in [-0.25, -0.2) is 9.59 Å². The first-order chi connectivity index (χ1) is 26.5. The molecule has 308 valence electrons. The van der Waals surface area contributed by atoms with Crippen molar-refractivity contribution in [3.8, 4) is 5.75 Å². The van der Waals surface area contributed by atoms with E-state index in [4.69, 9.17) is 33.2 Å². The van der Waals surface area contributed by atoms with Crippen LogP contribution in [0.2, 0.25) is 0 Å². The third kappa shape index (κ3) is 12.1. The summed E-state index contributed by atoms with van der Waals surface area (Å²) in [6.07, 6.45) is -10.5. The molecule has 0 spiro atoms. The monoisotopic (exact) mass is 791 g/mol. The van der Waals surface area contributed by atoms with Crippen LogP contribution in [-0.4, -0.2) is 138 Å². The van der Waals surface area contributed by atoms with E-state index in [0.717, 1.165) is 13.1 Å². The lowest BCUT2D eigenvalue weighted by Crippen LogP contribution is -2.61. The molecule has 2 aliphatic rings. The van der Waals surface area contributed by atoms with Crippen molar-refractivity contribution in [3.63, 3.8) is 0 Å². The SMILES string of the molecule is CC(C)(CNC(=O)c1cc(COC(=O)Nc2ccc(COC=O)cc2COC=O)ccc1O[C@@H]1O[C@H](C(=O)O)[C@@H](O)[C@H](O)[C@H]1O)OCC(C)(C)N1CCOCC1. The van der Waals surface area contributed by atoms with Gasteiger partial charge in [-0.15, -0.1) is 0 Å². The third-order valence-corrected chi connectivity index (χ3v) is 9.10. The van der Waals surface area contributed by atoms with E-state index in [0.29, 0.717) is 36.5 Å². The molecule has 2 fully saturated rings. The highest BCUT2D eigenvalue weighted by Gasteiger charge is 2.48. The summed E-state index contributed by atoms with van der Waals surface area (Å²) in [5.41, 5.74) is 0.178. The van der Waals surface area contributed by atoms with Crippen molar-refractivity contribution in [2.75, 3.05) is 44.8 Å². The topological polar surface area (TPSA) is 258 Å². The van der Waals surface area contributed by atoms with Gasteiger partial charge in [-0.3, -0.25) is 24.6 Å². The van der Waals surface area contributed by atoms with E-state index < -0.39 is 54.3 Å². The van der Waals surface area contributed by atoms with E-state index in [2.05, 4.69) is 29.4 Å². The number of carbonyl (C=O) groups excluding carboxylic acids is 4. The normalized spacial score (nSPS) is 21.7. The number of anilines is 1. The quantitative estimate of drug-likeness (QED) is 0.0845. The number of morpholine rings is 1. The van der Waals surface area contributed by atoms with Crippen molar-refractivity contribution < 1.29 is 77.6 Å². The highest BCUT2D eigenvalue weighted by molar-refractivity contribution is 5.97. The van der Waals surface area contributed by atoms with E-state index in [9.17, 15) is 44.4 Å². The maximum atomic E-state index is 13.8. The van der Waals surface area contributed by atoms with Gasteiger partial charge >= 0.3 is 12.1 Å². The van der Waals surface area contributed by atoms with Crippen molar-refractivity contribution in [2.45, 2.75) is 89.4 Å². The molecule has 19 nitrogen and oxygen atoms in total. The Morgan fingerprint density at radius 1 is 0.893 bits per heavy atom. The molecule has 2 amide bonds. The van der Waals surface area contributed by atoms with Crippen LogP contribution < -0.4 is 15.4 Å². The molecule has 56 heavy (non-hydrogen) atoms. The summed E-state index contributed by atoms with van der Waals surface area (Å²) in [4.78, 5) is 62.0. The minimum Gasteiger partial charge on any atom is -0.479 e. The van der Waals surface area contributed by atoms with Crippen molar-refractivity contribution >= 4 is 36.6 Å². The van der Waals surface area contributed by atoms with Gasteiger partial charge in [0.15, 0.2) is 6.10 Å². The number of carboxylic acid groups (broad SMARTS) is 1. The highest BCUT2D eigenvalue weighted by Crippen LogP contribution is 2.29. The number of aliphatic carboxylic acids is 1. The van der Waals surface area contributed by atoms with Crippen LogP contribution in [0.5, 0.6) is 5.75 Å². The number of nitrogens with one attached hydrogen (secondary N) is 2. The number of benzene rings is 2. The smallest absolute Gasteiger partial charge is 0.411 e. The Morgan fingerprint density at radius 3 is 2.23 bits per heavy atom. The second-order valence-corrected chi connectivity index (χ2v) is 14.3. The number of hydrogen-bond acceptors (Lipinski definition) is 16. The molecule has 0 unspecified atom stereocenters. The Balaban J connectivity index is 1.50. The zero-order valence-electron chi connectivity index (χ0n) is 31.5. The number of carbonyl (C=O) groups is 5. The summed E-state index contributed by atoms with van der Waals surface area (Å²) in [5.74, 6) is -2.50. The predicted molar refractivity (Wildman–Crippen MR) is 192 cm³/mol. The summed E-state index contributed by atoms with van der Waals surface area (Å²) < 4.78 is 37.7. The van der Waals surface area contributed by atoms with Gasteiger partial charge in [0.25, 0.3) is 18.9 Å². The first-order valence-corrected chi connectivity index (χ1v) is 17.7. The van der Waals surface area contributed by atoms with Gasteiger partial charge in [0.2, 0.25) is 6.29 Å². The molecular weight excluding hydrogens is 742 g/mol. The molecule has 6 N–H and O–H groups in total. The third-order valence-electron chi connectivity index (χ3n) is 9.10. The average molecular weight is 792 g/mol. The van der Waals surface area contributed by atoms with Crippen molar-refractivity contribution in [1.29, 1.82) is 0 Å². The van der Waals surface area contributed by atoms with E-state index in [1.54, 1.807) is 26.0 Å². The Bertz CT molecular complexity index is 1680. The first-order valence-electron chi connectivity index (χ1n) is 17.7. The summed E-state index contributed by atoms with van der Waals surface area (Å²) in [5, 5.41) is 45.8. The van der Waals surface area contributed by atoms with E-state index in [-0.39, 0.29) is 61.8 Å². The molecule has 2 heterocycles. The van der Waals surface area contributed by atoms with Gasteiger partial charge in [-0.2, -0.15) is 0 Å². The lowest BCUT2D eigenvalue weighted by molar-refractivity contribution is -0.271. The summed E-state index contributed by atoms with van der Waals surface area (Å²) in [6.45, 7) is 10.7. The van der Waals surface area contributed by atoms with E-state index in [1.807, 2.05) is 0 Å². The maximum Gasteiger partial charge on any atom is 0.411 e. The zero-order valence-corrected chi connectivity index (χ0v) is 31.5. The Kier molecular flexibility index (Phi) is 15.5. The van der Waals surface area contributed by atoms with Crippen LogP contribution in [0.3, 0.4) is 0 Å². The molecule has 2 aromatic rings. The Labute approximate surface area is 322 Å². The molecule has 0 radical (unpaired) electrons. The molecule has 0 saturated carbocycles. The summed E-state index contributed by atoms with van der Waals surface area (Å²) >= 11 is 0. The Morgan fingerprint density at radius 2 is 1.55 bits per heavy atom. The molecule has 5 atom stereocenters.